The van der Waals surface area contributed by atoms with Gasteiger partial charge >= 0.3 is 10.8 Å². The van der Waals surface area contributed by atoms with Crippen LogP contribution < -0.4 is 4.87 Å². The zero-order valence-corrected chi connectivity index (χ0v) is 12.9. The summed E-state index contributed by atoms with van der Waals surface area (Å²) in [5, 5.41) is 12.8. The van der Waals surface area contributed by atoms with Gasteiger partial charge in [0.2, 0.25) is 0 Å². The highest BCUT2D eigenvalue weighted by atomic mass is 32.1. The van der Waals surface area contributed by atoms with E-state index in [4.69, 9.17) is 4.74 Å². The maximum absolute atomic E-state index is 12.0. The Morgan fingerprint density at radius 3 is 2.73 bits per heavy atom. The van der Waals surface area contributed by atoms with Gasteiger partial charge in [-0.25, -0.2) is 4.79 Å². The van der Waals surface area contributed by atoms with Crippen LogP contribution in [0.1, 0.15) is 21.6 Å². The highest BCUT2D eigenvalue weighted by molar-refractivity contribution is 7.07. The van der Waals surface area contributed by atoms with Gasteiger partial charge < -0.3 is 4.74 Å². The Morgan fingerprint density at radius 2 is 2.14 bits per heavy atom. The average Bonchev–Trinajstić information content (AvgIpc) is 2.78. The van der Waals surface area contributed by atoms with Gasteiger partial charge in [-0.2, -0.15) is 0 Å². The third-order valence-electron chi connectivity index (χ3n) is 3.16. The van der Waals surface area contributed by atoms with E-state index in [1.165, 1.54) is 10.6 Å². The van der Waals surface area contributed by atoms with Crippen molar-refractivity contribution in [3.05, 3.63) is 60.2 Å². The second kappa shape index (κ2) is 6.52. The lowest BCUT2D eigenvalue weighted by atomic mass is 10.1. The number of hydrogen-bond acceptors (Lipinski definition) is 6. The average molecular weight is 322 g/mol. The molecule has 0 N–H and O–H groups in total. The maximum Gasteiger partial charge on any atom is 0.345 e. The number of hydrogen-bond donors (Lipinski definition) is 0. The second-order valence-corrected chi connectivity index (χ2v) is 5.48. The molecule has 1 heterocycles. The van der Waals surface area contributed by atoms with E-state index in [-0.39, 0.29) is 29.3 Å². The number of nitro groups is 1. The van der Waals surface area contributed by atoms with Gasteiger partial charge in [-0.15, -0.1) is 0 Å². The number of rotatable bonds is 5. The van der Waals surface area contributed by atoms with Crippen LogP contribution in [0.2, 0.25) is 0 Å². The molecular formula is C14H14N2O5S. The van der Waals surface area contributed by atoms with Crippen LogP contribution >= 0.6 is 11.3 Å². The van der Waals surface area contributed by atoms with Crippen molar-refractivity contribution in [3.8, 4) is 0 Å². The fourth-order valence-corrected chi connectivity index (χ4v) is 2.81. The third-order valence-corrected chi connectivity index (χ3v) is 4.05. The fraction of sp³-hybridized carbons (Fsp3) is 0.286. The van der Waals surface area contributed by atoms with Crippen molar-refractivity contribution in [1.82, 2.24) is 4.57 Å². The first-order chi connectivity index (χ1) is 10.4. The quantitative estimate of drug-likeness (QED) is 0.478. The minimum Gasteiger partial charge on any atom is -0.460 e. The highest BCUT2D eigenvalue weighted by Gasteiger charge is 2.23. The Morgan fingerprint density at radius 1 is 1.41 bits per heavy atom. The molecule has 0 aliphatic carbocycles. The summed E-state index contributed by atoms with van der Waals surface area (Å²) in [7, 11) is 0. The number of thiazole rings is 1. The van der Waals surface area contributed by atoms with Crippen molar-refractivity contribution < 1.29 is 14.5 Å². The number of aromatic nitrogens is 1. The van der Waals surface area contributed by atoms with Crippen molar-refractivity contribution in [1.29, 1.82) is 0 Å². The van der Waals surface area contributed by atoms with E-state index in [0.29, 0.717) is 5.56 Å². The molecule has 0 aliphatic rings. The lowest BCUT2D eigenvalue weighted by molar-refractivity contribution is -0.385. The molecule has 2 aromatic rings. The smallest absolute Gasteiger partial charge is 0.345 e. The Balaban J connectivity index is 2.09. The number of nitrogens with zero attached hydrogens (tertiary/aromatic N) is 2. The summed E-state index contributed by atoms with van der Waals surface area (Å²) in [5.41, 5.74) is 0.840. The number of nitro benzene ring substituents is 1. The zero-order chi connectivity index (χ0) is 16.3. The van der Waals surface area contributed by atoms with Gasteiger partial charge in [0.05, 0.1) is 11.5 Å². The molecule has 0 spiro atoms. The molecule has 0 radical (unpaired) electrons. The number of carbonyl (C=O) groups is 1. The van der Waals surface area contributed by atoms with Gasteiger partial charge in [0, 0.05) is 16.6 Å². The highest BCUT2D eigenvalue weighted by Crippen LogP contribution is 2.23. The number of esters is 1. The summed E-state index contributed by atoms with van der Waals surface area (Å²) in [6, 6.07) is 4.48. The lowest BCUT2D eigenvalue weighted by Gasteiger charge is -2.08. The van der Waals surface area contributed by atoms with E-state index >= 15 is 0 Å². The summed E-state index contributed by atoms with van der Waals surface area (Å²) in [5.74, 6) is -0.767. The molecule has 7 nitrogen and oxygen atoms in total. The Kier molecular flexibility index (Phi) is 4.71. The summed E-state index contributed by atoms with van der Waals surface area (Å²) in [6.45, 7) is 3.54. The normalized spacial score (nSPS) is 10.5. The topological polar surface area (TPSA) is 91.4 Å². The van der Waals surface area contributed by atoms with Gasteiger partial charge in [0.1, 0.15) is 12.2 Å². The van der Waals surface area contributed by atoms with Crippen molar-refractivity contribution >= 4 is 23.0 Å². The Labute approximate surface area is 129 Å². The molecule has 1 aromatic heterocycles. The molecule has 22 heavy (non-hydrogen) atoms. The Hall–Kier alpha value is -2.48. The predicted molar refractivity (Wildman–Crippen MR) is 81.4 cm³/mol. The van der Waals surface area contributed by atoms with Gasteiger partial charge in [-0.3, -0.25) is 19.5 Å². The van der Waals surface area contributed by atoms with Crippen LogP contribution in [0, 0.1) is 24.0 Å². The van der Waals surface area contributed by atoms with Crippen LogP contribution in [0.25, 0.3) is 0 Å². The van der Waals surface area contributed by atoms with E-state index in [9.17, 15) is 19.7 Å². The minimum absolute atomic E-state index is 0.0264. The summed E-state index contributed by atoms with van der Waals surface area (Å²) in [4.78, 5) is 33.9. The van der Waals surface area contributed by atoms with E-state index in [0.717, 1.165) is 17.0 Å². The van der Waals surface area contributed by atoms with Gasteiger partial charge in [0.15, 0.2) is 0 Å². The van der Waals surface area contributed by atoms with Gasteiger partial charge in [-0.1, -0.05) is 23.5 Å². The van der Waals surface area contributed by atoms with Crippen molar-refractivity contribution in [2.45, 2.75) is 20.4 Å². The third kappa shape index (κ3) is 3.22. The molecule has 116 valence electrons. The molecule has 0 unspecified atom stereocenters. The predicted octanol–water partition coefficient (Wildman–Crippen LogP) is 2.29. The van der Waals surface area contributed by atoms with Crippen LogP contribution in [0.5, 0.6) is 0 Å². The zero-order valence-electron chi connectivity index (χ0n) is 12.1. The molecule has 0 bridgehead atoms. The number of benzene rings is 1. The lowest BCUT2D eigenvalue weighted by Crippen LogP contribution is -2.20. The molecule has 1 aromatic carbocycles. The van der Waals surface area contributed by atoms with Crippen LogP contribution in [-0.2, 0) is 11.3 Å². The number of aryl methyl sites for hydroxylation is 2. The SMILES string of the molecule is Cc1cccc(C(=O)OCCn2c(C)csc2=O)c1[N+](=O)[O-]. The van der Waals surface area contributed by atoms with Crippen molar-refractivity contribution in [2.75, 3.05) is 6.61 Å². The summed E-state index contributed by atoms with van der Waals surface area (Å²) < 4.78 is 6.55. The van der Waals surface area contributed by atoms with E-state index in [2.05, 4.69) is 0 Å². The van der Waals surface area contributed by atoms with Gasteiger partial charge in [-0.05, 0) is 19.9 Å². The van der Waals surface area contributed by atoms with Crippen molar-refractivity contribution in [3.63, 3.8) is 0 Å². The first kappa shape index (κ1) is 15.9. The van der Waals surface area contributed by atoms with Crippen LogP contribution in [0.3, 0.4) is 0 Å². The van der Waals surface area contributed by atoms with Crippen LogP contribution in [0.15, 0.2) is 28.4 Å². The molecule has 0 fully saturated rings. The fourth-order valence-electron chi connectivity index (χ4n) is 2.05. The molecule has 8 heteroatoms. The van der Waals surface area contributed by atoms with Crippen LogP contribution in [-0.4, -0.2) is 22.1 Å². The van der Waals surface area contributed by atoms with Crippen LogP contribution in [0.4, 0.5) is 5.69 Å². The van der Waals surface area contributed by atoms with E-state index in [1.54, 1.807) is 31.4 Å². The number of carbonyl (C=O) groups excluding carboxylic acids is 1. The molecule has 2 rings (SSSR count). The van der Waals surface area contributed by atoms with E-state index < -0.39 is 10.9 Å². The maximum atomic E-state index is 12.0. The second-order valence-electron chi connectivity index (χ2n) is 4.66. The Bertz CT molecular complexity index is 778. The summed E-state index contributed by atoms with van der Waals surface area (Å²) >= 11 is 1.07. The summed E-state index contributed by atoms with van der Waals surface area (Å²) in [6.07, 6.45) is 0. The standard InChI is InChI=1S/C14H14N2O5S/c1-9-4-3-5-11(12(9)16(19)20)13(17)21-7-6-15-10(2)8-22-14(15)18/h3-5,8H,6-7H2,1-2H3. The number of para-hydroxylation sites is 1. The largest absolute Gasteiger partial charge is 0.460 e. The first-order valence-electron chi connectivity index (χ1n) is 6.48. The first-order valence-corrected chi connectivity index (χ1v) is 7.36. The molecule has 0 saturated carbocycles. The number of ether oxygens (including phenoxy) is 1. The minimum atomic E-state index is -0.767. The molecular weight excluding hydrogens is 308 g/mol. The molecule has 0 amide bonds. The van der Waals surface area contributed by atoms with Gasteiger partial charge in [0.25, 0.3) is 5.69 Å². The molecule has 0 saturated heterocycles. The monoisotopic (exact) mass is 322 g/mol. The molecule has 0 aliphatic heterocycles. The van der Waals surface area contributed by atoms with E-state index in [1.807, 2.05) is 0 Å². The van der Waals surface area contributed by atoms with Crippen molar-refractivity contribution in [2.24, 2.45) is 0 Å². The molecule has 0 atom stereocenters.